The molecule has 3 aliphatic rings. The van der Waals surface area contributed by atoms with Crippen molar-refractivity contribution in [1.29, 1.82) is 5.26 Å². The molecule has 1 aromatic carbocycles. The number of carbonyl (C=O) groups excluding carboxylic acids is 1. The molecule has 13 heteroatoms. The van der Waals surface area contributed by atoms with E-state index in [1.165, 1.54) is 30.6 Å². The van der Waals surface area contributed by atoms with Gasteiger partial charge in [0, 0.05) is 51.7 Å². The Balaban J connectivity index is 1.38. The van der Waals surface area contributed by atoms with Crippen molar-refractivity contribution in [3.8, 4) is 23.1 Å². The molecule has 1 aliphatic heterocycles. The second-order valence-corrected chi connectivity index (χ2v) is 10.3. The Hall–Kier alpha value is -4.57. The fourth-order valence-corrected chi connectivity index (χ4v) is 6.07. The van der Waals surface area contributed by atoms with Crippen LogP contribution >= 0.6 is 0 Å². The van der Waals surface area contributed by atoms with Crippen molar-refractivity contribution >= 4 is 11.6 Å². The van der Waals surface area contributed by atoms with E-state index >= 15 is 4.39 Å². The van der Waals surface area contributed by atoms with Crippen LogP contribution < -0.4 is 10.5 Å². The van der Waals surface area contributed by atoms with Crippen LogP contribution in [0.15, 0.2) is 36.8 Å². The Kier molecular flexibility index (Phi) is 4.50. The summed E-state index contributed by atoms with van der Waals surface area (Å²) in [5.41, 5.74) is 6.24. The highest BCUT2D eigenvalue weighted by Gasteiger charge is 2.47. The molecule has 10 nitrogen and oxygen atoms in total. The number of aromatic nitrogens is 5. The Morgan fingerprint density at radius 2 is 2.05 bits per heavy atom. The molecule has 0 radical (unpaired) electrons. The average Bonchev–Trinajstić information content (AvgIpc) is 3.42. The second kappa shape index (κ2) is 8.46. The summed E-state index contributed by atoms with van der Waals surface area (Å²) in [6.07, 6.45) is 4.63. The van der Waals surface area contributed by atoms with Crippen LogP contribution in [0.1, 0.15) is 68.3 Å². The zero-order chi connectivity index (χ0) is 30.4. The average molecular weight is 550 g/mol. The van der Waals surface area contributed by atoms with E-state index in [4.69, 9.17) is 19.8 Å². The zero-order valence-corrected chi connectivity index (χ0v) is 20.6. The molecule has 40 heavy (non-hydrogen) atoms. The highest BCUT2D eigenvalue weighted by molar-refractivity contribution is 5.98. The Labute approximate surface area is 229 Å². The van der Waals surface area contributed by atoms with Gasteiger partial charge in [-0.25, -0.2) is 23.9 Å². The summed E-state index contributed by atoms with van der Waals surface area (Å²) in [4.78, 5) is 27.4. The van der Waals surface area contributed by atoms with E-state index in [0.29, 0.717) is 29.1 Å². The molecule has 4 aromatic rings. The lowest BCUT2D eigenvalue weighted by atomic mass is 9.69. The third kappa shape index (κ3) is 3.42. The minimum atomic E-state index is -3.20. The van der Waals surface area contributed by atoms with Gasteiger partial charge in [0.1, 0.15) is 17.3 Å². The molecule has 2 atom stereocenters. The van der Waals surface area contributed by atoms with E-state index in [9.17, 15) is 13.6 Å². The molecule has 0 spiro atoms. The molecule has 0 unspecified atom stereocenters. The number of alkyl halides is 2. The quantitative estimate of drug-likeness (QED) is 0.407. The molecule has 1 fully saturated rings. The van der Waals surface area contributed by atoms with Gasteiger partial charge in [-0.15, -0.1) is 0 Å². The van der Waals surface area contributed by atoms with Crippen molar-refractivity contribution in [3.05, 3.63) is 70.8 Å². The number of nitrogens with two attached hydrogens (primary N) is 1. The number of ether oxygens (including phenoxy) is 1. The number of benzene rings is 1. The first-order valence-electron chi connectivity index (χ1n) is 13.9. The first-order valence-corrected chi connectivity index (χ1v) is 12.4. The van der Waals surface area contributed by atoms with Crippen LogP contribution in [0.4, 0.5) is 13.2 Å². The van der Waals surface area contributed by atoms with E-state index in [2.05, 4.69) is 26.1 Å². The van der Waals surface area contributed by atoms with Crippen LogP contribution in [0.2, 0.25) is 0 Å². The van der Waals surface area contributed by atoms with Crippen LogP contribution in [0.25, 0.3) is 16.9 Å². The number of nitriles is 1. The first-order chi connectivity index (χ1) is 20.4. The van der Waals surface area contributed by atoms with E-state index in [1.807, 2.05) is 0 Å². The smallest absolute Gasteiger partial charge is 0.387 e. The molecule has 202 valence electrons. The van der Waals surface area contributed by atoms with E-state index in [1.54, 1.807) is 0 Å². The molecule has 3 aromatic heterocycles. The normalized spacial score (nSPS) is 26.3. The monoisotopic (exact) mass is 549 g/mol. The fraction of sp³-hybridized carbons (Fsp3) is 0.333. The minimum Gasteiger partial charge on any atom is -0.434 e. The van der Waals surface area contributed by atoms with Gasteiger partial charge in [0.2, 0.25) is 0 Å². The molecular weight excluding hydrogens is 525 g/mol. The number of halogens is 3. The van der Waals surface area contributed by atoms with Gasteiger partial charge in [-0.3, -0.25) is 4.79 Å². The molecule has 2 aliphatic carbocycles. The third-order valence-corrected chi connectivity index (χ3v) is 7.92. The SMILES string of the molecule is [2H]C([2H])([2H])N1C(=O)c2cccc(OC(F)F)c2[C@H]2C[C@@H]1c1nn3cc(F)c(-c4cnc(C5(N)CC(C#N)C5)nc4)nc3c12. The number of nitrogens with zero attached hydrogens (tertiary/aromatic N) is 7. The summed E-state index contributed by atoms with van der Waals surface area (Å²) in [6.45, 7) is -6.11. The minimum absolute atomic E-state index is 0.0172. The van der Waals surface area contributed by atoms with Crippen LogP contribution in [0.3, 0.4) is 0 Å². The van der Waals surface area contributed by atoms with Gasteiger partial charge in [-0.2, -0.15) is 19.1 Å². The summed E-state index contributed by atoms with van der Waals surface area (Å²) in [6, 6.07) is 5.08. The molecule has 2 bridgehead atoms. The Bertz CT molecular complexity index is 1850. The zero-order valence-electron chi connectivity index (χ0n) is 23.6. The van der Waals surface area contributed by atoms with E-state index in [-0.39, 0.29) is 51.8 Å². The maximum absolute atomic E-state index is 15.4. The van der Waals surface area contributed by atoms with Crippen molar-refractivity contribution in [2.75, 3.05) is 6.98 Å². The van der Waals surface area contributed by atoms with Crippen LogP contribution in [-0.4, -0.2) is 49.0 Å². The predicted octanol–water partition coefficient (Wildman–Crippen LogP) is 3.68. The Morgan fingerprint density at radius 1 is 1.27 bits per heavy atom. The highest BCUT2D eigenvalue weighted by atomic mass is 19.3. The molecule has 4 heterocycles. The third-order valence-electron chi connectivity index (χ3n) is 7.92. The lowest BCUT2D eigenvalue weighted by Crippen LogP contribution is -2.49. The van der Waals surface area contributed by atoms with Crippen molar-refractivity contribution < 1.29 is 26.8 Å². The largest absolute Gasteiger partial charge is 0.434 e. The van der Waals surface area contributed by atoms with Crippen molar-refractivity contribution in [2.45, 2.75) is 43.4 Å². The number of hydrogen-bond acceptors (Lipinski definition) is 8. The van der Waals surface area contributed by atoms with Crippen molar-refractivity contribution in [2.24, 2.45) is 11.7 Å². The van der Waals surface area contributed by atoms with E-state index in [0.717, 1.165) is 10.7 Å². The summed E-state index contributed by atoms with van der Waals surface area (Å²) in [5, 5.41) is 13.5. The van der Waals surface area contributed by atoms with Gasteiger partial charge >= 0.3 is 6.61 Å². The van der Waals surface area contributed by atoms with Crippen LogP contribution in [0.5, 0.6) is 5.75 Å². The summed E-state index contributed by atoms with van der Waals surface area (Å²) >= 11 is 0. The first kappa shape index (κ1) is 21.3. The molecule has 1 amide bonds. The highest BCUT2D eigenvalue weighted by Crippen LogP contribution is 2.53. The summed E-state index contributed by atoms with van der Waals surface area (Å²) < 4.78 is 72.5. The van der Waals surface area contributed by atoms with Gasteiger partial charge < -0.3 is 15.4 Å². The van der Waals surface area contributed by atoms with Gasteiger partial charge in [0.05, 0.1) is 35.5 Å². The van der Waals surface area contributed by atoms with Gasteiger partial charge in [0.15, 0.2) is 11.5 Å². The van der Waals surface area contributed by atoms with Crippen LogP contribution in [0, 0.1) is 23.1 Å². The molecule has 2 N–H and O–H groups in total. The predicted molar refractivity (Wildman–Crippen MR) is 133 cm³/mol. The standard InChI is InChI=1S/C27H21F3N8O2/c1-37-17-5-15(19-14(24(37)39)3-2-4-18(19)40-26(29)30)20-22(17)36-38-11-16(28)21(35-23(20)38)13-9-33-25(34-10-13)27(32)6-12(7-27)8-31/h2-4,9-12,15,17,26H,5-7,32H2,1H3/t12?,15-,17-,27?/m1/s1/i1D3. The van der Waals surface area contributed by atoms with Crippen molar-refractivity contribution in [3.63, 3.8) is 0 Å². The number of carbonyl (C=O) groups is 1. The topological polar surface area (TPSA) is 135 Å². The second-order valence-electron chi connectivity index (χ2n) is 10.3. The molecule has 7 rings (SSSR count). The maximum Gasteiger partial charge on any atom is 0.387 e. The molecular formula is C27H21F3N8O2. The number of hydrogen-bond donors (Lipinski definition) is 1. The summed E-state index contributed by atoms with van der Waals surface area (Å²) in [5.74, 6) is -2.62. The van der Waals surface area contributed by atoms with Gasteiger partial charge in [0.25, 0.3) is 5.91 Å². The summed E-state index contributed by atoms with van der Waals surface area (Å²) in [7, 11) is 0. The number of rotatable bonds is 4. The maximum atomic E-state index is 15.4. The molecule has 1 saturated carbocycles. The number of fused-ring (bicyclic) bond motifs is 9. The van der Waals surface area contributed by atoms with E-state index < -0.39 is 42.8 Å². The molecule has 0 saturated heterocycles. The van der Waals surface area contributed by atoms with Gasteiger partial charge in [-0.05, 0) is 31.4 Å². The van der Waals surface area contributed by atoms with Gasteiger partial charge in [-0.1, -0.05) is 6.07 Å². The fourth-order valence-electron chi connectivity index (χ4n) is 6.07. The lowest BCUT2D eigenvalue weighted by Gasteiger charge is -2.40. The van der Waals surface area contributed by atoms with Crippen molar-refractivity contribution in [1.82, 2.24) is 29.5 Å². The Morgan fingerprint density at radius 3 is 2.75 bits per heavy atom. The number of amides is 1. The van der Waals surface area contributed by atoms with Crippen LogP contribution in [-0.2, 0) is 5.54 Å². The lowest BCUT2D eigenvalue weighted by molar-refractivity contribution is -0.0505.